The second kappa shape index (κ2) is 13.0. The summed E-state index contributed by atoms with van der Waals surface area (Å²) in [6.45, 7) is 1.11. The van der Waals surface area contributed by atoms with Crippen molar-refractivity contribution in [3.63, 3.8) is 0 Å². The molecule has 2 heterocycles. The zero-order valence-electron chi connectivity index (χ0n) is 22.8. The van der Waals surface area contributed by atoms with Gasteiger partial charge in [-0.2, -0.15) is 4.57 Å². The zero-order valence-corrected chi connectivity index (χ0v) is 23.5. The van der Waals surface area contributed by atoms with Crippen molar-refractivity contribution in [2.75, 3.05) is 51.1 Å². The number of pyridine rings is 1. The van der Waals surface area contributed by atoms with E-state index in [1.54, 1.807) is 0 Å². The maximum Gasteiger partial charge on any atom is 0.253 e. The molecule has 0 bridgehead atoms. The van der Waals surface area contributed by atoms with Crippen LogP contribution >= 0.6 is 0 Å². The number of carbonyl (C=O) groups is 3. The van der Waals surface area contributed by atoms with Crippen LogP contribution in [0.2, 0.25) is 0 Å². The summed E-state index contributed by atoms with van der Waals surface area (Å²) < 4.78 is 36.3. The monoisotopic (exact) mass is 573 g/mol. The molecule has 1 N–H and O–H groups in total. The van der Waals surface area contributed by atoms with E-state index >= 15 is 0 Å². The highest BCUT2D eigenvalue weighted by Crippen LogP contribution is 2.25. The third-order valence-corrected chi connectivity index (χ3v) is 6.30. The maximum atomic E-state index is 12.4. The van der Waals surface area contributed by atoms with Crippen molar-refractivity contribution in [1.82, 2.24) is 10.2 Å². The first-order valence-electron chi connectivity index (χ1n) is 12.4. The third kappa shape index (κ3) is 8.34. The van der Waals surface area contributed by atoms with Crippen LogP contribution in [0.15, 0.2) is 54.6 Å². The standard InChI is InChI=1S/C27H31N5O3.ClHO4/c1-29(2)21-9-7-19-16-20-8-10-22(30(3)4)18-24(20)31(23(19)17-21)14-5-6-25(33)28-13-15-32-26(34)11-12-27(32)35;2-1(3,4)5/h7-12,16-18H,5-6,13-15H2,1-4H3;(H,2,3,4,5). The second-order valence-electron chi connectivity index (χ2n) is 9.56. The lowest BCUT2D eigenvalue weighted by atomic mass is 10.1. The Labute approximate surface area is 234 Å². The van der Waals surface area contributed by atoms with Crippen LogP contribution in [0.1, 0.15) is 12.8 Å². The summed E-state index contributed by atoms with van der Waals surface area (Å²) in [6, 6.07) is 15.1. The van der Waals surface area contributed by atoms with Gasteiger partial charge in [0.15, 0.2) is 0 Å². The molecule has 1 aromatic heterocycles. The fourth-order valence-electron chi connectivity index (χ4n) is 4.32. The van der Waals surface area contributed by atoms with Crippen LogP contribution in [-0.2, 0) is 20.9 Å². The average Bonchev–Trinajstić information content (AvgIpc) is 3.19. The molecule has 3 aromatic rings. The van der Waals surface area contributed by atoms with E-state index in [1.807, 2.05) is 28.2 Å². The van der Waals surface area contributed by atoms with E-state index in [1.165, 1.54) is 12.2 Å². The van der Waals surface area contributed by atoms with E-state index in [0.29, 0.717) is 19.4 Å². The molecule has 3 amide bonds. The Morgan fingerprint density at radius 3 is 1.77 bits per heavy atom. The van der Waals surface area contributed by atoms with E-state index in [0.717, 1.165) is 38.1 Å². The molecule has 0 aliphatic carbocycles. The number of hydrogen-bond donors (Lipinski definition) is 1. The lowest BCUT2D eigenvalue weighted by Gasteiger charge is -2.17. The van der Waals surface area contributed by atoms with Gasteiger partial charge in [0.25, 0.3) is 11.8 Å². The second-order valence-corrected chi connectivity index (χ2v) is 10.3. The molecule has 0 saturated carbocycles. The van der Waals surface area contributed by atoms with Gasteiger partial charge in [0, 0.05) is 101 Å². The van der Waals surface area contributed by atoms with Crippen molar-refractivity contribution >= 4 is 50.9 Å². The van der Waals surface area contributed by atoms with Crippen LogP contribution in [0.3, 0.4) is 0 Å². The minimum absolute atomic E-state index is 0.0924. The van der Waals surface area contributed by atoms with Crippen molar-refractivity contribution < 1.29 is 47.8 Å². The molecule has 2 aromatic carbocycles. The number of amides is 3. The Morgan fingerprint density at radius 1 is 0.850 bits per heavy atom. The Kier molecular flexibility index (Phi) is 10.0. The third-order valence-electron chi connectivity index (χ3n) is 6.30. The predicted octanol–water partition coefficient (Wildman–Crippen LogP) is -2.52. The molecule has 0 saturated heterocycles. The van der Waals surface area contributed by atoms with E-state index in [2.05, 4.69) is 62.1 Å². The SMILES string of the molecule is CN(C)c1ccc2cc3ccc(N(C)C)cc3[n+](CCCC(=O)NCCN3C(=O)C=CC3=O)c2c1.[O-][Cl+3]([O-])([O-])[O-]. The fourth-order valence-corrected chi connectivity index (χ4v) is 4.32. The first-order chi connectivity index (χ1) is 18.7. The number of imide groups is 1. The van der Waals surface area contributed by atoms with Gasteiger partial charge >= 0.3 is 0 Å². The van der Waals surface area contributed by atoms with Crippen LogP contribution in [-0.4, -0.2) is 63.9 Å². The lowest BCUT2D eigenvalue weighted by molar-refractivity contribution is -2.00. The van der Waals surface area contributed by atoms with E-state index < -0.39 is 10.2 Å². The zero-order chi connectivity index (χ0) is 29.6. The molecule has 0 radical (unpaired) electrons. The topological polar surface area (TPSA) is 169 Å². The summed E-state index contributed by atoms with van der Waals surface area (Å²) in [5.74, 6) is -0.763. The quantitative estimate of drug-likeness (QED) is 0.165. The lowest BCUT2D eigenvalue weighted by Crippen LogP contribution is -2.68. The summed E-state index contributed by atoms with van der Waals surface area (Å²) in [5, 5.41) is 5.13. The summed E-state index contributed by atoms with van der Waals surface area (Å²) in [4.78, 5) is 41.0. The normalized spacial score (nSPS) is 13.1. The highest BCUT2D eigenvalue weighted by molar-refractivity contribution is 6.12. The molecule has 214 valence electrons. The first-order valence-corrected chi connectivity index (χ1v) is 13.6. The Hall–Kier alpha value is -3.81. The molecule has 1 aliphatic rings. The molecule has 13 heteroatoms. The summed E-state index contributed by atoms with van der Waals surface area (Å²) >= 11 is 0. The fraction of sp³-hybridized carbons (Fsp3) is 0.333. The number of rotatable bonds is 9. The first kappa shape index (κ1) is 30.7. The van der Waals surface area contributed by atoms with Crippen LogP contribution in [0, 0.1) is 10.2 Å². The molecule has 0 spiro atoms. The van der Waals surface area contributed by atoms with E-state index in [-0.39, 0.29) is 30.8 Å². The van der Waals surface area contributed by atoms with Gasteiger partial charge in [0.05, 0.1) is 0 Å². The van der Waals surface area contributed by atoms with Crippen molar-refractivity contribution in [2.24, 2.45) is 0 Å². The Balaban J connectivity index is 0.000000810. The number of nitrogens with zero attached hydrogens (tertiary/aromatic N) is 4. The van der Waals surface area contributed by atoms with Crippen molar-refractivity contribution in [3.8, 4) is 0 Å². The van der Waals surface area contributed by atoms with Gasteiger partial charge in [-0.1, -0.05) is 0 Å². The van der Waals surface area contributed by atoms with Crippen molar-refractivity contribution in [1.29, 1.82) is 0 Å². The van der Waals surface area contributed by atoms with Crippen molar-refractivity contribution in [3.05, 3.63) is 54.6 Å². The number of anilines is 2. The molecular weight excluding hydrogens is 542 g/mol. The maximum absolute atomic E-state index is 12.4. The number of benzene rings is 2. The van der Waals surface area contributed by atoms with Gasteiger partial charge in [0.1, 0.15) is 6.54 Å². The number of halogens is 1. The highest BCUT2D eigenvalue weighted by Gasteiger charge is 2.23. The van der Waals surface area contributed by atoms with Gasteiger partial charge in [-0.25, -0.2) is 18.6 Å². The molecule has 0 atom stereocenters. The van der Waals surface area contributed by atoms with Crippen LogP contribution < -0.4 is 38.3 Å². The number of carbonyl (C=O) groups excluding carboxylic acids is 3. The average molecular weight is 574 g/mol. The molecular formula is C27H32ClN5O7. The number of nitrogens with one attached hydrogen (secondary N) is 1. The highest BCUT2D eigenvalue weighted by atomic mass is 35.7. The molecule has 4 rings (SSSR count). The van der Waals surface area contributed by atoms with Gasteiger partial charge in [0.2, 0.25) is 16.9 Å². The molecule has 0 fully saturated rings. The van der Waals surface area contributed by atoms with E-state index in [9.17, 15) is 14.4 Å². The Morgan fingerprint density at radius 2 is 1.32 bits per heavy atom. The largest absolute Gasteiger partial charge is 0.377 e. The predicted molar refractivity (Wildman–Crippen MR) is 138 cm³/mol. The Bertz CT molecular complexity index is 1350. The van der Waals surface area contributed by atoms with Crippen molar-refractivity contribution in [2.45, 2.75) is 19.4 Å². The van der Waals surface area contributed by atoms with Gasteiger partial charge in [-0.05, 0) is 30.3 Å². The molecule has 0 unspecified atom stereocenters. The van der Waals surface area contributed by atoms with Gasteiger partial charge in [-0.3, -0.25) is 19.3 Å². The summed E-state index contributed by atoms with van der Waals surface area (Å²) in [6.07, 6.45) is 3.51. The number of aryl methyl sites for hydroxylation is 1. The molecule has 12 nitrogen and oxygen atoms in total. The minimum Gasteiger partial charge on any atom is -0.377 e. The van der Waals surface area contributed by atoms with Gasteiger partial charge in [-0.15, -0.1) is 10.2 Å². The van der Waals surface area contributed by atoms with Crippen LogP contribution in [0.4, 0.5) is 11.4 Å². The summed E-state index contributed by atoms with van der Waals surface area (Å²) in [7, 11) is 3.17. The summed E-state index contributed by atoms with van der Waals surface area (Å²) in [5.41, 5.74) is 4.48. The number of hydrogen-bond acceptors (Lipinski definition) is 9. The number of fused-ring (bicyclic) bond motifs is 2. The van der Waals surface area contributed by atoms with Gasteiger partial charge < -0.3 is 15.1 Å². The number of aromatic nitrogens is 1. The van der Waals surface area contributed by atoms with E-state index in [4.69, 9.17) is 18.6 Å². The van der Waals surface area contributed by atoms with Crippen LogP contribution in [0.5, 0.6) is 0 Å². The molecule has 1 aliphatic heterocycles. The minimum atomic E-state index is -4.94. The smallest absolute Gasteiger partial charge is 0.253 e. The van der Waals surface area contributed by atoms with Crippen LogP contribution in [0.25, 0.3) is 21.8 Å². The molecule has 40 heavy (non-hydrogen) atoms.